The van der Waals surface area contributed by atoms with E-state index in [1.54, 1.807) is 12.4 Å². The molecule has 0 aliphatic carbocycles. The van der Waals surface area contributed by atoms with Crippen LogP contribution in [0.2, 0.25) is 0 Å². The first-order valence-electron chi connectivity index (χ1n) is 25.3. The summed E-state index contributed by atoms with van der Waals surface area (Å²) in [6.07, 6.45) is -12.7. The summed E-state index contributed by atoms with van der Waals surface area (Å²) in [7, 11) is 1.79. The van der Waals surface area contributed by atoms with E-state index < -0.39 is 115 Å². The zero-order valence-electron chi connectivity index (χ0n) is 44.5. The number of halogens is 10. The summed E-state index contributed by atoms with van der Waals surface area (Å²) in [6, 6.07) is 5.24. The van der Waals surface area contributed by atoms with Crippen LogP contribution in [0, 0.1) is 34.3 Å². The number of anilines is 1. The molecule has 19 nitrogen and oxygen atoms in total. The van der Waals surface area contributed by atoms with Crippen LogP contribution in [0.3, 0.4) is 0 Å². The Balaban J connectivity index is 1.18. The number of piperazine rings is 1. The van der Waals surface area contributed by atoms with Gasteiger partial charge in [-0.25, -0.2) is 38.0 Å². The fourth-order valence-corrected chi connectivity index (χ4v) is 9.48. The minimum absolute atomic E-state index is 0.195. The van der Waals surface area contributed by atoms with Crippen molar-refractivity contribution in [2.24, 2.45) is 10.8 Å². The Labute approximate surface area is 458 Å². The molecule has 2 bridgehead atoms. The number of carbonyl (C=O) groups excluding carboxylic acids is 4. The van der Waals surface area contributed by atoms with Crippen molar-refractivity contribution in [2.75, 3.05) is 51.9 Å². The standard InChI is InChI=1S/C52H59F10N11O8/c1-49(2,51(57,58)59)41(67-48(78)79-6)43(75)66-39(17-29-10-7-28(8-11-29)9-12-30-20-64-46(65-21-30)70-22-32-13-14-33(23-70)73(32)34-26-80-27-34)40(74)25-71(69-44(76)42(81-47(77)63-5)50(3,4)52(60,61)62)24-35-36(53)18-31(19-37(35)54)38-15-16-72(68-38)45(55)56/h7-8,10-11,15-16,18-21,32-34,39-42,45,74H,13-14,17,22-27H2,1-6H3,(H,63,77)(H,66,75)(H,67,78)(H,69,76)/t32-,33-,39-,40-,41+,42+/m0/s1. The summed E-state index contributed by atoms with van der Waals surface area (Å²) >= 11 is 0. The summed E-state index contributed by atoms with van der Waals surface area (Å²) < 4.78 is 161. The lowest BCUT2D eigenvalue weighted by atomic mass is 9.82. The maximum Gasteiger partial charge on any atom is 0.407 e. The zero-order chi connectivity index (χ0) is 59.4. The van der Waals surface area contributed by atoms with Gasteiger partial charge in [-0.2, -0.15) is 40.2 Å². The number of nitrogens with zero attached hydrogens (tertiary/aromatic N) is 7. The molecule has 81 heavy (non-hydrogen) atoms. The van der Waals surface area contributed by atoms with Gasteiger partial charge >= 0.3 is 31.1 Å². The van der Waals surface area contributed by atoms with Gasteiger partial charge in [0.15, 0.2) is 6.10 Å². The second-order valence-electron chi connectivity index (χ2n) is 20.8. The van der Waals surface area contributed by atoms with Crippen molar-refractivity contribution in [3.63, 3.8) is 0 Å². The number of nitrogens with one attached hydrogen (secondary N) is 4. The van der Waals surface area contributed by atoms with Gasteiger partial charge in [0.25, 0.3) is 5.91 Å². The Morgan fingerprint density at radius 3 is 1.94 bits per heavy atom. The van der Waals surface area contributed by atoms with Gasteiger partial charge in [0.05, 0.1) is 55.2 Å². The van der Waals surface area contributed by atoms with Crippen molar-refractivity contribution >= 4 is 29.9 Å². The fraction of sp³-hybridized carbons (Fsp3) is 0.519. The van der Waals surface area contributed by atoms with E-state index in [2.05, 4.69) is 46.8 Å². The highest BCUT2D eigenvalue weighted by Crippen LogP contribution is 2.43. The third-order valence-corrected chi connectivity index (χ3v) is 14.5. The van der Waals surface area contributed by atoms with Crippen molar-refractivity contribution in [3.8, 4) is 23.1 Å². The molecule has 0 saturated carbocycles. The van der Waals surface area contributed by atoms with E-state index in [1.807, 2.05) is 16.1 Å². The number of benzene rings is 2. The average Bonchev–Trinajstić information content (AvgIpc) is 4.01. The molecule has 3 saturated heterocycles. The van der Waals surface area contributed by atoms with Crippen LogP contribution in [-0.4, -0.2) is 161 Å². The second kappa shape index (κ2) is 24.8. The smallest absolute Gasteiger partial charge is 0.407 e. The van der Waals surface area contributed by atoms with Crippen LogP contribution in [0.15, 0.2) is 61.1 Å². The number of aliphatic hydroxyl groups excluding tert-OH is 1. The molecule has 5 heterocycles. The Bertz CT molecular complexity index is 2910. The fourth-order valence-electron chi connectivity index (χ4n) is 9.48. The van der Waals surface area contributed by atoms with E-state index in [1.165, 1.54) is 24.3 Å². The van der Waals surface area contributed by atoms with Crippen molar-refractivity contribution in [1.82, 2.24) is 51.0 Å². The number of hydrogen-bond acceptors (Lipinski definition) is 14. The first-order valence-corrected chi connectivity index (χ1v) is 25.3. The van der Waals surface area contributed by atoms with Crippen LogP contribution in [0.4, 0.5) is 59.4 Å². The van der Waals surface area contributed by atoms with Crippen LogP contribution in [0.1, 0.15) is 69.3 Å². The SMILES string of the molecule is CNC(=O)O[C@H](C(=O)NN(Cc1c(F)cc(-c2ccn(C(F)F)n2)cc1F)C[C@H](O)[C@H](Cc1ccc(C#Cc2cnc(N3C[C@@H]4CC[C@@H](C3)N4C3COC3)nc2)cc1)NC(=O)[C@@H](NC(=O)OC)C(C)(C)C(F)(F)F)C(C)(C)C(F)(F)F. The van der Waals surface area contributed by atoms with Crippen molar-refractivity contribution in [1.29, 1.82) is 0 Å². The molecular formula is C52H59F10N11O8. The Morgan fingerprint density at radius 2 is 1.42 bits per heavy atom. The number of methoxy groups -OCH3 is 1. The number of carbonyl (C=O) groups is 4. The van der Waals surface area contributed by atoms with Crippen LogP contribution >= 0.6 is 0 Å². The van der Waals surface area contributed by atoms with E-state index >= 15 is 8.78 Å². The molecule has 5 N–H and O–H groups in total. The van der Waals surface area contributed by atoms with Gasteiger partial charge in [-0.3, -0.25) is 19.9 Å². The molecule has 6 atom stereocenters. The predicted octanol–water partition coefficient (Wildman–Crippen LogP) is 6.01. The lowest BCUT2D eigenvalue weighted by Crippen LogP contribution is -2.62. The number of hydrazine groups is 1. The Morgan fingerprint density at radius 1 is 0.827 bits per heavy atom. The lowest BCUT2D eigenvalue weighted by Gasteiger charge is -2.47. The quantitative estimate of drug-likeness (QED) is 0.0413. The molecule has 0 unspecified atom stereocenters. The highest BCUT2D eigenvalue weighted by Gasteiger charge is 2.58. The number of alkyl halides is 8. The predicted molar refractivity (Wildman–Crippen MR) is 267 cm³/mol. The molecule has 0 spiro atoms. The largest absolute Gasteiger partial charge is 0.453 e. The normalized spacial score (nSPS) is 18.5. The first-order chi connectivity index (χ1) is 38.0. The molecule has 3 fully saturated rings. The topological polar surface area (TPSA) is 218 Å². The van der Waals surface area contributed by atoms with E-state index in [9.17, 15) is 59.4 Å². The summed E-state index contributed by atoms with van der Waals surface area (Å²) in [5.74, 6) is 0.328. The lowest BCUT2D eigenvalue weighted by molar-refractivity contribution is -0.239. The number of aromatic nitrogens is 4. The number of ether oxygens (including phenoxy) is 3. The molecular weight excluding hydrogens is 1100 g/mol. The number of fused-ring (bicyclic) bond motifs is 2. The van der Waals surface area contributed by atoms with Crippen LogP contribution in [-0.2, 0) is 36.8 Å². The summed E-state index contributed by atoms with van der Waals surface area (Å²) in [5.41, 5.74) is -4.71. The molecule has 440 valence electrons. The monoisotopic (exact) mass is 1160 g/mol. The molecule has 2 aromatic carbocycles. The zero-order valence-corrected chi connectivity index (χ0v) is 44.5. The van der Waals surface area contributed by atoms with Gasteiger partial charge in [0.2, 0.25) is 11.9 Å². The summed E-state index contributed by atoms with van der Waals surface area (Å²) in [6.45, 7) is -0.240. The molecule has 29 heteroatoms. The number of alkyl carbamates (subject to hydrolysis) is 2. The first kappa shape index (κ1) is 61.3. The van der Waals surface area contributed by atoms with E-state index in [4.69, 9.17) is 9.47 Å². The number of amides is 4. The third kappa shape index (κ3) is 14.3. The van der Waals surface area contributed by atoms with Crippen molar-refractivity contribution in [2.45, 2.75) is 115 Å². The van der Waals surface area contributed by atoms with Crippen molar-refractivity contribution in [3.05, 3.63) is 94.9 Å². The number of hydrogen-bond donors (Lipinski definition) is 5. The van der Waals surface area contributed by atoms with E-state index in [-0.39, 0.29) is 21.5 Å². The van der Waals surface area contributed by atoms with Gasteiger partial charge in [-0.05, 0) is 82.9 Å². The second-order valence-corrected chi connectivity index (χ2v) is 20.8. The van der Waals surface area contributed by atoms with Gasteiger partial charge in [-0.1, -0.05) is 24.0 Å². The number of rotatable bonds is 19. The number of aliphatic hydroxyl groups is 1. The van der Waals surface area contributed by atoms with Gasteiger partial charge in [-0.15, -0.1) is 0 Å². The van der Waals surface area contributed by atoms with Gasteiger partial charge < -0.3 is 40.2 Å². The molecule has 4 amide bonds. The molecule has 2 aromatic heterocycles. The van der Waals surface area contributed by atoms with Gasteiger partial charge in [0, 0.05) is 80.6 Å². The highest BCUT2D eigenvalue weighted by atomic mass is 19.4. The minimum Gasteiger partial charge on any atom is -0.453 e. The molecule has 3 aliphatic rings. The molecule has 7 rings (SSSR count). The molecule has 3 aliphatic heterocycles. The minimum atomic E-state index is -5.27. The highest BCUT2D eigenvalue weighted by molar-refractivity contribution is 5.87. The maximum absolute atomic E-state index is 16.0. The van der Waals surface area contributed by atoms with Crippen molar-refractivity contribution < 1.29 is 82.4 Å². The van der Waals surface area contributed by atoms with E-state index in [0.717, 1.165) is 65.6 Å². The van der Waals surface area contributed by atoms with Crippen LogP contribution < -0.4 is 26.3 Å². The summed E-state index contributed by atoms with van der Waals surface area (Å²) in [5, 5.41) is 22.2. The van der Waals surface area contributed by atoms with Gasteiger partial charge in [0.1, 0.15) is 23.1 Å². The average molecular weight is 1160 g/mol. The van der Waals surface area contributed by atoms with E-state index in [0.29, 0.717) is 80.0 Å². The maximum atomic E-state index is 16.0. The van der Waals surface area contributed by atoms with Crippen LogP contribution in [0.25, 0.3) is 11.3 Å². The summed E-state index contributed by atoms with van der Waals surface area (Å²) in [4.78, 5) is 66.7. The molecule has 4 aromatic rings. The van der Waals surface area contributed by atoms with Crippen LogP contribution in [0.5, 0.6) is 0 Å². The third-order valence-electron chi connectivity index (χ3n) is 14.5. The Hall–Kier alpha value is -7.29. The molecule has 0 radical (unpaired) electrons. The Kier molecular flexibility index (Phi) is 18.8.